The summed E-state index contributed by atoms with van der Waals surface area (Å²) in [5.41, 5.74) is 0.397. The van der Waals surface area contributed by atoms with E-state index in [0.717, 1.165) is 9.64 Å². The van der Waals surface area contributed by atoms with Gasteiger partial charge in [0.15, 0.2) is 0 Å². The van der Waals surface area contributed by atoms with Crippen molar-refractivity contribution >= 4 is 54.2 Å². The quantitative estimate of drug-likeness (QED) is 0.711. The number of sulfonamides is 1. The lowest BCUT2D eigenvalue weighted by Gasteiger charge is -2.09. The molecule has 2 aromatic carbocycles. The highest BCUT2D eigenvalue weighted by Crippen LogP contribution is 2.22. The van der Waals surface area contributed by atoms with Gasteiger partial charge < -0.3 is 0 Å². The molecule has 3 nitrogen and oxygen atoms in total. The fourth-order valence-electron chi connectivity index (χ4n) is 1.46. The van der Waals surface area contributed by atoms with Gasteiger partial charge in [-0.05, 0) is 59.0 Å². The second-order valence-electron chi connectivity index (χ2n) is 3.69. The van der Waals surface area contributed by atoms with Crippen LogP contribution in [-0.2, 0) is 10.0 Å². The zero-order chi connectivity index (χ0) is 14.0. The Morgan fingerprint density at radius 1 is 1.16 bits per heavy atom. The zero-order valence-electron chi connectivity index (χ0n) is 9.40. The Kier molecular flexibility index (Phi) is 4.46. The molecule has 100 valence electrons. The molecule has 0 amide bonds. The van der Waals surface area contributed by atoms with Crippen LogP contribution in [0.15, 0.2) is 51.8 Å². The largest absolute Gasteiger partial charge is 0.280 e. The van der Waals surface area contributed by atoms with E-state index in [4.69, 9.17) is 0 Å². The summed E-state index contributed by atoms with van der Waals surface area (Å²) >= 11 is 5.15. The van der Waals surface area contributed by atoms with Crippen molar-refractivity contribution in [1.82, 2.24) is 0 Å². The molecule has 7 heteroatoms. The van der Waals surface area contributed by atoms with Crippen LogP contribution in [0.3, 0.4) is 0 Å². The Morgan fingerprint density at radius 2 is 1.89 bits per heavy atom. The molecule has 19 heavy (non-hydrogen) atoms. The summed E-state index contributed by atoms with van der Waals surface area (Å²) in [6, 6.07) is 10.6. The molecule has 2 aromatic rings. The van der Waals surface area contributed by atoms with Crippen molar-refractivity contribution in [3.05, 3.63) is 56.3 Å². The van der Waals surface area contributed by atoms with Crippen molar-refractivity contribution < 1.29 is 12.8 Å². The summed E-state index contributed by atoms with van der Waals surface area (Å²) in [7, 11) is -3.93. The molecule has 0 aromatic heterocycles. The molecule has 0 radical (unpaired) electrons. The molecule has 1 N–H and O–H groups in total. The van der Waals surface area contributed by atoms with E-state index in [-0.39, 0.29) is 4.90 Å². The van der Waals surface area contributed by atoms with Gasteiger partial charge in [0, 0.05) is 13.7 Å². The first-order chi connectivity index (χ1) is 8.88. The maximum absolute atomic E-state index is 13.7. The number of benzene rings is 2. The van der Waals surface area contributed by atoms with Gasteiger partial charge in [0.05, 0.1) is 0 Å². The minimum absolute atomic E-state index is 0.380. The molecule has 0 unspecified atom stereocenters. The standard InChI is InChI=1S/C12H8BrFINO2S/c13-8-4-5-12(11(14)6-8)19(17,18)16-10-3-1-2-9(15)7-10/h1-7,16H. The molecule has 0 bridgehead atoms. The summed E-state index contributed by atoms with van der Waals surface area (Å²) in [5, 5.41) is 0. The predicted octanol–water partition coefficient (Wildman–Crippen LogP) is 3.99. The molecule has 0 saturated heterocycles. The maximum atomic E-state index is 13.7. The summed E-state index contributed by atoms with van der Waals surface area (Å²) in [4.78, 5) is -0.380. The van der Waals surface area contributed by atoms with E-state index < -0.39 is 15.8 Å². The lowest BCUT2D eigenvalue weighted by Crippen LogP contribution is -2.14. The molecular formula is C12H8BrFINO2S. The van der Waals surface area contributed by atoms with Crippen molar-refractivity contribution in [2.45, 2.75) is 4.90 Å². The molecule has 0 aliphatic rings. The van der Waals surface area contributed by atoms with E-state index in [9.17, 15) is 12.8 Å². The van der Waals surface area contributed by atoms with E-state index in [1.54, 1.807) is 18.2 Å². The van der Waals surface area contributed by atoms with Crippen LogP contribution >= 0.6 is 38.5 Å². The van der Waals surface area contributed by atoms with Crippen LogP contribution in [0.25, 0.3) is 0 Å². The molecule has 0 aliphatic carbocycles. The average Bonchev–Trinajstić information content (AvgIpc) is 2.27. The average molecular weight is 456 g/mol. The fourth-order valence-corrected chi connectivity index (χ4v) is 3.44. The lowest BCUT2D eigenvalue weighted by molar-refractivity contribution is 0.570. The normalized spacial score (nSPS) is 11.3. The SMILES string of the molecule is O=S(=O)(Nc1cccc(I)c1)c1ccc(Br)cc1F. The molecule has 0 spiro atoms. The topological polar surface area (TPSA) is 46.2 Å². The van der Waals surface area contributed by atoms with Gasteiger partial charge in [-0.1, -0.05) is 22.0 Å². The third-order valence-corrected chi connectivity index (χ3v) is 4.84. The highest BCUT2D eigenvalue weighted by atomic mass is 127. The van der Waals surface area contributed by atoms with Crippen LogP contribution in [0.5, 0.6) is 0 Å². The Hall–Kier alpha value is -0.670. The number of hydrogen-bond donors (Lipinski definition) is 1. The molecule has 0 saturated carbocycles. The van der Waals surface area contributed by atoms with Crippen molar-refractivity contribution in [2.24, 2.45) is 0 Å². The third-order valence-electron chi connectivity index (χ3n) is 2.26. The van der Waals surface area contributed by atoms with Gasteiger partial charge in [-0.3, -0.25) is 4.72 Å². The fraction of sp³-hybridized carbons (Fsp3) is 0. The Morgan fingerprint density at radius 3 is 2.53 bits per heavy atom. The smallest absolute Gasteiger partial charge is 0.264 e. The summed E-state index contributed by atoms with van der Waals surface area (Å²) < 4.78 is 41.5. The lowest BCUT2D eigenvalue weighted by atomic mass is 10.3. The van der Waals surface area contributed by atoms with Crippen molar-refractivity contribution in [2.75, 3.05) is 4.72 Å². The zero-order valence-corrected chi connectivity index (χ0v) is 14.0. The third kappa shape index (κ3) is 3.67. The Balaban J connectivity index is 2.38. The maximum Gasteiger partial charge on any atom is 0.264 e. The second kappa shape index (κ2) is 5.76. The first-order valence-electron chi connectivity index (χ1n) is 5.12. The summed E-state index contributed by atoms with van der Waals surface area (Å²) in [6.07, 6.45) is 0. The van der Waals surface area contributed by atoms with Gasteiger partial charge in [-0.2, -0.15) is 0 Å². The summed E-state index contributed by atoms with van der Waals surface area (Å²) in [6.45, 7) is 0. The highest BCUT2D eigenvalue weighted by molar-refractivity contribution is 14.1. The molecule has 0 heterocycles. The monoisotopic (exact) mass is 455 g/mol. The Labute approximate surface area is 132 Å². The number of halogens is 3. The van der Waals surface area contributed by atoms with E-state index in [1.165, 1.54) is 12.1 Å². The van der Waals surface area contributed by atoms with Crippen molar-refractivity contribution in [3.63, 3.8) is 0 Å². The van der Waals surface area contributed by atoms with Crippen LogP contribution in [0.2, 0.25) is 0 Å². The molecule has 0 fully saturated rings. The number of anilines is 1. The number of rotatable bonds is 3. The van der Waals surface area contributed by atoms with Gasteiger partial charge in [-0.15, -0.1) is 0 Å². The van der Waals surface area contributed by atoms with Crippen molar-refractivity contribution in [1.29, 1.82) is 0 Å². The Bertz CT molecular complexity index is 721. The van der Waals surface area contributed by atoms with Crippen LogP contribution < -0.4 is 4.72 Å². The summed E-state index contributed by atoms with van der Waals surface area (Å²) in [5.74, 6) is -0.799. The van der Waals surface area contributed by atoms with Crippen LogP contribution in [0, 0.1) is 9.39 Å². The first-order valence-corrected chi connectivity index (χ1v) is 8.47. The van der Waals surface area contributed by atoms with Gasteiger partial charge in [0.25, 0.3) is 10.0 Å². The van der Waals surface area contributed by atoms with Gasteiger partial charge in [0.1, 0.15) is 10.7 Å². The van der Waals surface area contributed by atoms with Gasteiger partial charge >= 0.3 is 0 Å². The second-order valence-corrected chi connectivity index (χ2v) is 7.50. The van der Waals surface area contributed by atoms with Gasteiger partial charge in [-0.25, -0.2) is 12.8 Å². The van der Waals surface area contributed by atoms with Crippen LogP contribution in [0.1, 0.15) is 0 Å². The number of nitrogens with one attached hydrogen (secondary N) is 1. The minimum atomic E-state index is -3.93. The molecule has 2 rings (SSSR count). The van der Waals surface area contributed by atoms with Crippen LogP contribution in [0.4, 0.5) is 10.1 Å². The minimum Gasteiger partial charge on any atom is -0.280 e. The van der Waals surface area contributed by atoms with Gasteiger partial charge in [0.2, 0.25) is 0 Å². The van der Waals surface area contributed by atoms with E-state index in [1.807, 2.05) is 6.07 Å². The predicted molar refractivity (Wildman–Crippen MR) is 84.1 cm³/mol. The van der Waals surface area contributed by atoms with E-state index in [0.29, 0.717) is 10.2 Å². The molecule has 0 atom stereocenters. The first kappa shape index (κ1) is 14.7. The highest BCUT2D eigenvalue weighted by Gasteiger charge is 2.19. The van der Waals surface area contributed by atoms with Crippen molar-refractivity contribution in [3.8, 4) is 0 Å². The number of hydrogen-bond acceptors (Lipinski definition) is 2. The van der Waals surface area contributed by atoms with Crippen LogP contribution in [-0.4, -0.2) is 8.42 Å². The molecular weight excluding hydrogens is 448 g/mol. The van der Waals surface area contributed by atoms with E-state index >= 15 is 0 Å². The van der Waals surface area contributed by atoms with E-state index in [2.05, 4.69) is 43.2 Å². The molecule has 0 aliphatic heterocycles.